The Kier molecular flexibility index (Phi) is 60.8. The van der Waals surface area contributed by atoms with Crippen molar-refractivity contribution in [1.29, 1.82) is 0 Å². The molecule has 438 valence electrons. The van der Waals surface area contributed by atoms with Gasteiger partial charge in [0.1, 0.15) is 13.2 Å². The molecule has 0 heterocycles. The first-order valence-corrected chi connectivity index (χ1v) is 32.0. The van der Waals surface area contributed by atoms with Crippen molar-refractivity contribution in [3.8, 4) is 0 Å². The lowest BCUT2D eigenvalue weighted by Gasteiger charge is -2.18. The molecule has 1 atom stereocenters. The van der Waals surface area contributed by atoms with Gasteiger partial charge in [-0.25, -0.2) is 0 Å². The van der Waals surface area contributed by atoms with Crippen molar-refractivity contribution in [2.45, 2.75) is 297 Å². The van der Waals surface area contributed by atoms with Crippen molar-refractivity contribution in [1.82, 2.24) is 0 Å². The lowest BCUT2D eigenvalue weighted by molar-refractivity contribution is -0.166. The van der Waals surface area contributed by atoms with E-state index in [1.54, 1.807) is 0 Å². The summed E-state index contributed by atoms with van der Waals surface area (Å²) >= 11 is 0. The molecule has 0 aromatic carbocycles. The Morgan fingerprint density at radius 2 is 0.532 bits per heavy atom. The van der Waals surface area contributed by atoms with Crippen LogP contribution in [0.2, 0.25) is 0 Å². The van der Waals surface area contributed by atoms with Gasteiger partial charge in [0, 0.05) is 19.3 Å². The van der Waals surface area contributed by atoms with Crippen LogP contribution in [0.25, 0.3) is 0 Å². The largest absolute Gasteiger partial charge is 0.462 e. The lowest BCUT2D eigenvalue weighted by atomic mass is 10.0. The van der Waals surface area contributed by atoms with Crippen LogP contribution in [0.3, 0.4) is 0 Å². The summed E-state index contributed by atoms with van der Waals surface area (Å²) in [6.07, 6.45) is 89.5. The third-order valence-corrected chi connectivity index (χ3v) is 13.4. The minimum Gasteiger partial charge on any atom is -0.462 e. The Morgan fingerprint density at radius 1 is 0.273 bits per heavy atom. The van der Waals surface area contributed by atoms with Crippen LogP contribution in [0.1, 0.15) is 290 Å². The maximum absolute atomic E-state index is 12.9. The first-order valence-electron chi connectivity index (χ1n) is 32.0. The zero-order valence-corrected chi connectivity index (χ0v) is 50.2. The van der Waals surface area contributed by atoms with Crippen molar-refractivity contribution >= 4 is 17.9 Å². The highest BCUT2D eigenvalue weighted by Crippen LogP contribution is 2.16. The highest BCUT2D eigenvalue weighted by molar-refractivity contribution is 5.71. The van der Waals surface area contributed by atoms with Gasteiger partial charge in [0.15, 0.2) is 6.10 Å². The monoisotopic (exact) mass is 1070 g/mol. The van der Waals surface area contributed by atoms with Crippen LogP contribution in [0.4, 0.5) is 0 Å². The van der Waals surface area contributed by atoms with E-state index in [1.807, 2.05) is 6.08 Å². The van der Waals surface area contributed by atoms with Crippen LogP contribution in [0.15, 0.2) is 122 Å². The topological polar surface area (TPSA) is 78.9 Å². The fourth-order valence-corrected chi connectivity index (χ4v) is 8.71. The average molecular weight is 1070 g/mol. The SMILES string of the molecule is CC/C=C\C/C=C\C/C=C\C/C=C\CCCCCCCCCCCCCCCCCCCCC(=O)OCC(COC(=O)CC/C=C\C/C=C\C/C=C\C/C=C\CC)OC(=O)CCCCCCC/C=C\C/C=C\CCCCC. The first kappa shape index (κ1) is 72.8. The second-order valence-electron chi connectivity index (χ2n) is 20.9. The number of rotatable bonds is 57. The van der Waals surface area contributed by atoms with Crippen molar-refractivity contribution in [3.05, 3.63) is 122 Å². The maximum Gasteiger partial charge on any atom is 0.306 e. The van der Waals surface area contributed by atoms with Gasteiger partial charge in [0.05, 0.1) is 0 Å². The summed E-state index contributed by atoms with van der Waals surface area (Å²) in [4.78, 5) is 38.2. The number of ether oxygens (including phenoxy) is 3. The van der Waals surface area contributed by atoms with Gasteiger partial charge in [0.25, 0.3) is 0 Å². The fraction of sp³-hybridized carbons (Fsp3) is 0.676. The Bertz CT molecular complexity index is 1600. The molecule has 0 saturated carbocycles. The predicted octanol–water partition coefficient (Wildman–Crippen LogP) is 22.0. The summed E-state index contributed by atoms with van der Waals surface area (Å²) in [6.45, 7) is 6.32. The minimum absolute atomic E-state index is 0.106. The quantitative estimate of drug-likeness (QED) is 0.0261. The van der Waals surface area contributed by atoms with Gasteiger partial charge in [0.2, 0.25) is 0 Å². The molecule has 1 unspecified atom stereocenters. The summed E-state index contributed by atoms with van der Waals surface area (Å²) in [5, 5.41) is 0. The lowest BCUT2D eigenvalue weighted by Crippen LogP contribution is -2.30. The standard InChI is InChI=1S/C71H118O6/c1-4-7-10-13-16-19-22-25-27-28-29-30-31-32-33-34-35-36-37-38-39-40-41-42-44-46-49-52-55-58-61-64-70(73)76-67-68(66-75-69(72)63-60-57-54-51-48-45-24-21-18-15-12-9-6-3)77-71(74)65-62-59-56-53-50-47-43-26-23-20-17-14-11-8-5-2/h7,9-10,12,16-21,25-27,29-30,43,45,48,54,57,68H,4-6,8,11,13-15,22-24,28,31-42,44,46-47,49-53,55-56,58-67H2,1-3H3/b10-7-,12-9-,19-16-,20-17-,21-18-,27-25-,30-29-,43-26-,48-45-,57-54-. The summed E-state index contributed by atoms with van der Waals surface area (Å²) in [6, 6.07) is 0. The molecular formula is C71H118O6. The van der Waals surface area contributed by atoms with Gasteiger partial charge in [-0.3, -0.25) is 14.4 Å². The predicted molar refractivity (Wildman–Crippen MR) is 334 cm³/mol. The molecule has 0 aliphatic heterocycles. The van der Waals surface area contributed by atoms with Gasteiger partial charge < -0.3 is 14.2 Å². The Balaban J connectivity index is 4.23. The van der Waals surface area contributed by atoms with Crippen LogP contribution in [-0.4, -0.2) is 37.2 Å². The minimum atomic E-state index is -0.816. The Labute approximate surface area is 475 Å². The van der Waals surface area contributed by atoms with E-state index in [4.69, 9.17) is 14.2 Å². The molecule has 0 aromatic heterocycles. The molecule has 0 aromatic rings. The van der Waals surface area contributed by atoms with E-state index in [1.165, 1.54) is 128 Å². The Hall–Kier alpha value is -4.19. The van der Waals surface area contributed by atoms with E-state index in [0.717, 1.165) is 116 Å². The number of carbonyl (C=O) groups excluding carboxylic acids is 3. The molecule has 0 fully saturated rings. The van der Waals surface area contributed by atoms with E-state index < -0.39 is 6.10 Å². The van der Waals surface area contributed by atoms with Gasteiger partial charge >= 0.3 is 17.9 Å². The molecule has 6 nitrogen and oxygen atoms in total. The van der Waals surface area contributed by atoms with E-state index >= 15 is 0 Å². The number of unbranched alkanes of at least 4 members (excludes halogenated alkanes) is 26. The molecule has 0 saturated heterocycles. The third kappa shape index (κ3) is 62.5. The van der Waals surface area contributed by atoms with Crippen LogP contribution in [0.5, 0.6) is 0 Å². The average Bonchev–Trinajstić information content (AvgIpc) is 3.43. The van der Waals surface area contributed by atoms with E-state index in [2.05, 4.69) is 136 Å². The number of esters is 3. The highest BCUT2D eigenvalue weighted by atomic mass is 16.6. The highest BCUT2D eigenvalue weighted by Gasteiger charge is 2.19. The molecule has 0 aliphatic carbocycles. The second-order valence-corrected chi connectivity index (χ2v) is 20.9. The summed E-state index contributed by atoms with van der Waals surface area (Å²) < 4.78 is 16.8. The molecule has 0 amide bonds. The zero-order chi connectivity index (χ0) is 55.7. The number of hydrogen-bond acceptors (Lipinski definition) is 6. The van der Waals surface area contributed by atoms with Gasteiger partial charge in [-0.1, -0.05) is 277 Å². The fourth-order valence-electron chi connectivity index (χ4n) is 8.71. The van der Waals surface area contributed by atoms with Crippen LogP contribution >= 0.6 is 0 Å². The molecule has 6 heteroatoms. The molecule has 77 heavy (non-hydrogen) atoms. The number of carbonyl (C=O) groups is 3. The molecule has 0 rings (SSSR count). The third-order valence-electron chi connectivity index (χ3n) is 13.4. The smallest absolute Gasteiger partial charge is 0.306 e. The molecular weight excluding hydrogens is 949 g/mol. The van der Waals surface area contributed by atoms with E-state index in [-0.39, 0.29) is 37.5 Å². The summed E-state index contributed by atoms with van der Waals surface area (Å²) in [7, 11) is 0. The van der Waals surface area contributed by atoms with Gasteiger partial charge in [-0.15, -0.1) is 0 Å². The van der Waals surface area contributed by atoms with Crippen molar-refractivity contribution in [3.63, 3.8) is 0 Å². The van der Waals surface area contributed by atoms with Gasteiger partial charge in [-0.05, 0) is 116 Å². The van der Waals surface area contributed by atoms with Crippen LogP contribution in [-0.2, 0) is 28.6 Å². The van der Waals surface area contributed by atoms with E-state index in [9.17, 15) is 14.4 Å². The molecule has 0 N–H and O–H groups in total. The van der Waals surface area contributed by atoms with E-state index in [0.29, 0.717) is 19.3 Å². The Morgan fingerprint density at radius 3 is 0.870 bits per heavy atom. The van der Waals surface area contributed by atoms with Crippen molar-refractivity contribution in [2.75, 3.05) is 13.2 Å². The number of allylic oxidation sites excluding steroid dienone is 20. The molecule has 0 radical (unpaired) electrons. The van der Waals surface area contributed by atoms with Gasteiger partial charge in [-0.2, -0.15) is 0 Å². The molecule has 0 bridgehead atoms. The van der Waals surface area contributed by atoms with Crippen LogP contribution < -0.4 is 0 Å². The summed E-state index contributed by atoms with van der Waals surface area (Å²) in [5.41, 5.74) is 0. The first-order chi connectivity index (χ1) is 38.0. The second kappa shape index (κ2) is 64.3. The molecule has 0 spiro atoms. The summed E-state index contributed by atoms with van der Waals surface area (Å²) in [5.74, 6) is -1.00. The number of hydrogen-bond donors (Lipinski definition) is 0. The zero-order valence-electron chi connectivity index (χ0n) is 50.2. The maximum atomic E-state index is 12.9. The molecule has 0 aliphatic rings. The van der Waals surface area contributed by atoms with Crippen molar-refractivity contribution in [2.24, 2.45) is 0 Å². The van der Waals surface area contributed by atoms with Crippen molar-refractivity contribution < 1.29 is 28.6 Å². The van der Waals surface area contributed by atoms with Crippen LogP contribution in [0, 0.1) is 0 Å². The normalized spacial score (nSPS) is 12.9.